The van der Waals surface area contributed by atoms with E-state index in [1.54, 1.807) is 11.4 Å². The monoisotopic (exact) mass is 274 g/mol. The molecule has 1 atom stereocenters. The maximum atomic E-state index is 12.8. The third-order valence-corrected chi connectivity index (χ3v) is 2.33. The molecule has 9 heteroatoms. The Kier molecular flexibility index (Phi) is 3.65. The van der Waals surface area contributed by atoms with Crippen LogP contribution in [-0.4, -0.2) is 32.8 Å². The van der Waals surface area contributed by atoms with Crippen molar-refractivity contribution >= 4 is 11.9 Å². The Balaban J connectivity index is 3.23. The van der Waals surface area contributed by atoms with Gasteiger partial charge in [0.1, 0.15) is 11.8 Å². The smallest absolute Gasteiger partial charge is 0.422 e. The summed E-state index contributed by atoms with van der Waals surface area (Å²) in [5.41, 5.74) is -3.16. The summed E-state index contributed by atoms with van der Waals surface area (Å²) in [4.78, 5) is 17.9. The van der Waals surface area contributed by atoms with Gasteiger partial charge in [0.25, 0.3) is 0 Å². The summed E-state index contributed by atoms with van der Waals surface area (Å²) < 4.78 is 38.3. The van der Waals surface area contributed by atoms with Crippen LogP contribution in [0.3, 0.4) is 0 Å². The van der Waals surface area contributed by atoms with Gasteiger partial charge in [0, 0.05) is 5.69 Å². The minimum Gasteiger partial charge on any atom is -0.479 e. The Hall–Kier alpha value is -2.37. The van der Waals surface area contributed by atoms with Crippen LogP contribution in [0.5, 0.6) is 0 Å². The Morgan fingerprint density at radius 2 is 2.05 bits per heavy atom. The van der Waals surface area contributed by atoms with E-state index in [0.717, 1.165) is 0 Å². The zero-order chi connectivity index (χ0) is 14.8. The normalized spacial score (nSPS) is 14.3. The summed E-state index contributed by atoms with van der Waals surface area (Å²) in [7, 11) is 0. The first-order valence-electron chi connectivity index (χ1n) is 4.94. The summed E-state index contributed by atoms with van der Waals surface area (Å²) in [6.45, 7) is 1.90. The standard InChI is InChI=1S/C10H9F3N4O2/c1-5-3-6(4-14)16-8(15-5)17-9(2,7(18)19)10(11,12)13/h3H,1-2H3,(H,18,19)(H,15,16,17). The van der Waals surface area contributed by atoms with Gasteiger partial charge in [-0.05, 0) is 19.9 Å². The SMILES string of the molecule is Cc1cc(C#N)nc(NC(C)(C(=O)O)C(F)(F)F)n1. The van der Waals surface area contributed by atoms with Crippen molar-refractivity contribution in [2.24, 2.45) is 0 Å². The molecule has 0 radical (unpaired) electrons. The average molecular weight is 274 g/mol. The van der Waals surface area contributed by atoms with Crippen LogP contribution >= 0.6 is 0 Å². The minimum absolute atomic E-state index is 0.162. The zero-order valence-corrected chi connectivity index (χ0v) is 9.91. The number of aryl methyl sites for hydroxylation is 1. The number of carboxylic acids is 1. The van der Waals surface area contributed by atoms with Crippen molar-refractivity contribution in [3.05, 3.63) is 17.5 Å². The van der Waals surface area contributed by atoms with Crippen molar-refractivity contribution in [1.29, 1.82) is 5.26 Å². The first kappa shape index (κ1) is 14.7. The summed E-state index contributed by atoms with van der Waals surface area (Å²) >= 11 is 0. The number of aliphatic carboxylic acids is 1. The molecule has 102 valence electrons. The van der Waals surface area contributed by atoms with Crippen molar-refractivity contribution in [3.63, 3.8) is 0 Å². The first-order chi connectivity index (χ1) is 8.60. The number of carboxylic acid groups (broad SMARTS) is 1. The molecule has 0 aromatic carbocycles. The molecule has 0 aliphatic heterocycles. The van der Waals surface area contributed by atoms with Gasteiger partial charge in [-0.3, -0.25) is 0 Å². The van der Waals surface area contributed by atoms with Gasteiger partial charge < -0.3 is 10.4 Å². The molecule has 0 saturated heterocycles. The highest BCUT2D eigenvalue weighted by molar-refractivity contribution is 5.82. The molecule has 0 aliphatic carbocycles. The highest BCUT2D eigenvalue weighted by Gasteiger charge is 2.58. The predicted octanol–water partition coefficient (Wildman–Crippen LogP) is 1.47. The summed E-state index contributed by atoms with van der Waals surface area (Å²) in [5, 5.41) is 19.1. The summed E-state index contributed by atoms with van der Waals surface area (Å²) in [5.74, 6) is -2.69. The summed E-state index contributed by atoms with van der Waals surface area (Å²) in [6.07, 6.45) is -5.06. The maximum absolute atomic E-state index is 12.8. The third-order valence-electron chi connectivity index (χ3n) is 2.33. The number of hydrogen-bond acceptors (Lipinski definition) is 5. The van der Waals surface area contributed by atoms with Gasteiger partial charge in [-0.1, -0.05) is 0 Å². The lowest BCUT2D eigenvalue weighted by molar-refractivity contribution is -0.193. The van der Waals surface area contributed by atoms with E-state index in [0.29, 0.717) is 6.92 Å². The number of nitrogens with zero attached hydrogens (tertiary/aromatic N) is 3. The van der Waals surface area contributed by atoms with Crippen molar-refractivity contribution in [1.82, 2.24) is 9.97 Å². The molecule has 0 aliphatic rings. The van der Waals surface area contributed by atoms with Crippen molar-refractivity contribution in [2.75, 3.05) is 5.32 Å². The lowest BCUT2D eigenvalue weighted by Crippen LogP contribution is -2.56. The van der Waals surface area contributed by atoms with Gasteiger partial charge in [0.05, 0.1) is 0 Å². The fourth-order valence-corrected chi connectivity index (χ4v) is 1.15. The van der Waals surface area contributed by atoms with Crippen LogP contribution in [0, 0.1) is 18.3 Å². The average Bonchev–Trinajstić information content (AvgIpc) is 2.26. The van der Waals surface area contributed by atoms with E-state index in [9.17, 15) is 18.0 Å². The molecular weight excluding hydrogens is 265 g/mol. The fraction of sp³-hybridized carbons (Fsp3) is 0.400. The van der Waals surface area contributed by atoms with Crippen molar-refractivity contribution in [2.45, 2.75) is 25.6 Å². The van der Waals surface area contributed by atoms with Gasteiger partial charge in [0.15, 0.2) is 0 Å². The Labute approximate surface area is 105 Å². The van der Waals surface area contributed by atoms with Gasteiger partial charge in [0.2, 0.25) is 11.5 Å². The number of anilines is 1. The predicted molar refractivity (Wildman–Crippen MR) is 57.2 cm³/mol. The molecule has 1 heterocycles. The van der Waals surface area contributed by atoms with Gasteiger partial charge >= 0.3 is 12.1 Å². The molecule has 0 bridgehead atoms. The van der Waals surface area contributed by atoms with Crippen LogP contribution in [0.1, 0.15) is 18.3 Å². The number of rotatable bonds is 3. The molecule has 0 amide bonds. The maximum Gasteiger partial charge on any atom is 0.422 e. The van der Waals surface area contributed by atoms with Crippen molar-refractivity contribution in [3.8, 4) is 6.07 Å². The Bertz CT molecular complexity index is 553. The molecule has 1 aromatic heterocycles. The topological polar surface area (TPSA) is 98.9 Å². The largest absolute Gasteiger partial charge is 0.479 e. The van der Waals surface area contributed by atoms with Crippen LogP contribution in [0.15, 0.2) is 6.07 Å². The number of aromatic nitrogens is 2. The molecule has 6 nitrogen and oxygen atoms in total. The van der Waals surface area contributed by atoms with Gasteiger partial charge in [-0.15, -0.1) is 0 Å². The molecule has 1 aromatic rings. The quantitative estimate of drug-likeness (QED) is 0.866. The minimum atomic E-state index is -5.06. The molecular formula is C10H9F3N4O2. The fourth-order valence-electron chi connectivity index (χ4n) is 1.15. The van der Waals surface area contributed by atoms with Crippen molar-refractivity contribution < 1.29 is 23.1 Å². The second kappa shape index (κ2) is 4.72. The van der Waals surface area contributed by atoms with Crippen LogP contribution in [0.2, 0.25) is 0 Å². The van der Waals surface area contributed by atoms with E-state index < -0.39 is 23.6 Å². The van der Waals surface area contributed by atoms with E-state index in [1.807, 2.05) is 0 Å². The second-order valence-corrected chi connectivity index (χ2v) is 3.88. The number of carbonyl (C=O) groups is 1. The van der Waals surface area contributed by atoms with E-state index in [1.165, 1.54) is 13.0 Å². The molecule has 0 saturated carbocycles. The first-order valence-corrected chi connectivity index (χ1v) is 4.94. The van der Waals surface area contributed by atoms with Crippen LogP contribution in [-0.2, 0) is 4.79 Å². The molecule has 19 heavy (non-hydrogen) atoms. The molecule has 2 N–H and O–H groups in total. The number of halogens is 3. The van der Waals surface area contributed by atoms with Crippen LogP contribution in [0.25, 0.3) is 0 Å². The molecule has 1 rings (SSSR count). The highest BCUT2D eigenvalue weighted by Crippen LogP contribution is 2.32. The van der Waals surface area contributed by atoms with Crippen LogP contribution in [0.4, 0.5) is 19.1 Å². The number of nitrogens with one attached hydrogen (secondary N) is 1. The highest BCUT2D eigenvalue weighted by atomic mass is 19.4. The zero-order valence-electron chi connectivity index (χ0n) is 9.91. The lowest BCUT2D eigenvalue weighted by Gasteiger charge is -2.28. The Morgan fingerprint density at radius 1 is 1.47 bits per heavy atom. The number of nitriles is 1. The number of hydrogen-bond donors (Lipinski definition) is 2. The lowest BCUT2D eigenvalue weighted by atomic mass is 10.0. The van der Waals surface area contributed by atoms with E-state index in [2.05, 4.69) is 9.97 Å². The molecule has 0 fully saturated rings. The van der Waals surface area contributed by atoms with Gasteiger partial charge in [-0.25, -0.2) is 14.8 Å². The van der Waals surface area contributed by atoms with E-state index >= 15 is 0 Å². The van der Waals surface area contributed by atoms with E-state index in [-0.39, 0.29) is 11.4 Å². The summed E-state index contributed by atoms with van der Waals surface area (Å²) in [6, 6.07) is 2.90. The Morgan fingerprint density at radius 3 is 2.47 bits per heavy atom. The third kappa shape index (κ3) is 2.90. The van der Waals surface area contributed by atoms with E-state index in [4.69, 9.17) is 10.4 Å². The second-order valence-electron chi connectivity index (χ2n) is 3.88. The number of alkyl halides is 3. The molecule has 0 spiro atoms. The molecule has 1 unspecified atom stereocenters. The van der Waals surface area contributed by atoms with Crippen LogP contribution < -0.4 is 5.32 Å². The van der Waals surface area contributed by atoms with Gasteiger partial charge in [-0.2, -0.15) is 18.4 Å².